The van der Waals surface area contributed by atoms with E-state index in [0.29, 0.717) is 17.2 Å². The highest BCUT2D eigenvalue weighted by Crippen LogP contribution is 2.53. The number of phenols is 2. The number of fused-ring (bicyclic) bond motifs is 3. The first-order valence-corrected chi connectivity index (χ1v) is 13.2. The number of phenolic OH excluding ortho intramolecular Hbond substituents is 2. The van der Waals surface area contributed by atoms with Crippen LogP contribution in [0.1, 0.15) is 68.0 Å². The molecule has 0 spiro atoms. The molecule has 0 aromatic heterocycles. The smallest absolute Gasteiger partial charge is 0.276 e. The molecule has 11 heteroatoms. The molecular weight excluding hydrogens is 546 g/mol. The first-order valence-electron chi connectivity index (χ1n) is 13.2. The SMILES string of the molecule is COc1ccc(CNc2cccc3c2C(=O)c2c(O)c4c(c(O)c2C3=O)C[C@@](O)(C2(C)OC=CO2)C[C@@H]4O)cc1OC. The number of ether oxygens (including phenoxy) is 4. The van der Waals surface area contributed by atoms with Crippen LogP contribution in [0.4, 0.5) is 5.69 Å². The Bertz CT molecular complexity index is 1670. The van der Waals surface area contributed by atoms with Crippen LogP contribution in [0.5, 0.6) is 23.0 Å². The van der Waals surface area contributed by atoms with Crippen LogP contribution in [0.25, 0.3) is 0 Å². The molecule has 2 atom stereocenters. The van der Waals surface area contributed by atoms with Crippen molar-refractivity contribution in [2.45, 2.75) is 43.8 Å². The molecule has 0 bridgehead atoms. The molecule has 11 nitrogen and oxygen atoms in total. The summed E-state index contributed by atoms with van der Waals surface area (Å²) in [6, 6.07) is 10.1. The van der Waals surface area contributed by atoms with Gasteiger partial charge in [0.25, 0.3) is 5.79 Å². The van der Waals surface area contributed by atoms with Gasteiger partial charge in [-0.25, -0.2) is 0 Å². The number of aromatic hydroxyl groups is 2. The van der Waals surface area contributed by atoms with Gasteiger partial charge >= 0.3 is 0 Å². The van der Waals surface area contributed by atoms with Crippen molar-refractivity contribution in [3.05, 3.63) is 87.9 Å². The summed E-state index contributed by atoms with van der Waals surface area (Å²) in [4.78, 5) is 27.7. The van der Waals surface area contributed by atoms with E-state index in [0.717, 1.165) is 5.56 Å². The van der Waals surface area contributed by atoms with Gasteiger partial charge in [-0.05, 0) is 23.8 Å². The van der Waals surface area contributed by atoms with Crippen molar-refractivity contribution in [1.29, 1.82) is 0 Å². The fraction of sp³-hybridized carbons (Fsp3) is 0.290. The maximum atomic E-state index is 13.9. The van der Waals surface area contributed by atoms with Gasteiger partial charge in [-0.2, -0.15) is 0 Å². The van der Waals surface area contributed by atoms with Crippen molar-refractivity contribution in [1.82, 2.24) is 0 Å². The lowest BCUT2D eigenvalue weighted by molar-refractivity contribution is -0.260. The second kappa shape index (κ2) is 9.68. The van der Waals surface area contributed by atoms with Gasteiger partial charge < -0.3 is 44.7 Å². The molecule has 6 rings (SSSR count). The molecular formula is C31H29NO10. The number of aliphatic hydroxyl groups excluding tert-OH is 1. The predicted molar refractivity (Wildman–Crippen MR) is 148 cm³/mol. The molecule has 3 aliphatic rings. The number of rotatable bonds is 6. The van der Waals surface area contributed by atoms with E-state index < -0.39 is 51.7 Å². The van der Waals surface area contributed by atoms with E-state index >= 15 is 0 Å². The molecule has 1 heterocycles. The van der Waals surface area contributed by atoms with Gasteiger partial charge in [0.05, 0.1) is 37.0 Å². The Kier molecular flexibility index (Phi) is 6.32. The van der Waals surface area contributed by atoms with E-state index in [1.54, 1.807) is 24.3 Å². The number of anilines is 1. The Morgan fingerprint density at radius 2 is 1.64 bits per heavy atom. The average molecular weight is 576 g/mol. The molecule has 0 saturated heterocycles. The van der Waals surface area contributed by atoms with Crippen molar-refractivity contribution in [2.24, 2.45) is 0 Å². The number of nitrogens with one attached hydrogen (secondary N) is 1. The summed E-state index contributed by atoms with van der Waals surface area (Å²) in [5.41, 5.74) is -1.64. The van der Waals surface area contributed by atoms with Crippen LogP contribution in [0, 0.1) is 0 Å². The third-order valence-electron chi connectivity index (χ3n) is 8.33. The number of carbonyl (C=O) groups excluding carboxylic acids is 2. The Hall–Kier alpha value is -4.74. The highest BCUT2D eigenvalue weighted by Gasteiger charge is 2.57. The van der Waals surface area contributed by atoms with E-state index in [9.17, 15) is 30.0 Å². The Morgan fingerprint density at radius 3 is 2.33 bits per heavy atom. The third-order valence-corrected chi connectivity index (χ3v) is 8.33. The molecule has 1 aliphatic heterocycles. The molecule has 2 aliphatic carbocycles. The lowest BCUT2D eigenvalue weighted by atomic mass is 9.70. The van der Waals surface area contributed by atoms with Gasteiger partial charge in [-0.1, -0.05) is 18.2 Å². The predicted octanol–water partition coefficient (Wildman–Crippen LogP) is 3.45. The molecule has 3 aromatic rings. The second-order valence-corrected chi connectivity index (χ2v) is 10.7. The summed E-state index contributed by atoms with van der Waals surface area (Å²) in [6.45, 7) is 1.74. The lowest BCUT2D eigenvalue weighted by Crippen LogP contribution is -2.57. The summed E-state index contributed by atoms with van der Waals surface area (Å²) in [6.07, 6.45) is 0.328. The van der Waals surface area contributed by atoms with Crippen molar-refractivity contribution in [2.75, 3.05) is 19.5 Å². The van der Waals surface area contributed by atoms with Crippen LogP contribution >= 0.6 is 0 Å². The number of aliphatic hydroxyl groups is 2. The highest BCUT2D eigenvalue weighted by molar-refractivity contribution is 6.32. The summed E-state index contributed by atoms with van der Waals surface area (Å²) in [5.74, 6) is -3.11. The molecule has 0 unspecified atom stereocenters. The van der Waals surface area contributed by atoms with Crippen molar-refractivity contribution in [3.63, 3.8) is 0 Å². The fourth-order valence-corrected chi connectivity index (χ4v) is 6.05. The van der Waals surface area contributed by atoms with E-state index in [-0.39, 0.29) is 41.6 Å². The largest absolute Gasteiger partial charge is 0.507 e. The van der Waals surface area contributed by atoms with Gasteiger partial charge in [0.1, 0.15) is 29.6 Å². The summed E-state index contributed by atoms with van der Waals surface area (Å²) in [7, 11) is 3.06. The number of hydrogen-bond acceptors (Lipinski definition) is 11. The topological polar surface area (TPSA) is 164 Å². The standard InChI is InChI=1S/C31H29NO10/c1-30(41-9-10-42-30)31(38)12-17-23(19(33)13-31)29(37)25-24(27(17)35)26(34)16-5-4-6-18(22(16)28(25)36)32-14-15-7-8-20(39-2)21(11-15)40-3/h4-11,19,32-33,35,37-38H,12-14H2,1-3H3/t19-,31-/m0/s1. The molecule has 42 heavy (non-hydrogen) atoms. The average Bonchev–Trinajstić information content (AvgIpc) is 3.44. The normalized spacial score (nSPS) is 21.5. The van der Waals surface area contributed by atoms with Crippen LogP contribution in [0.15, 0.2) is 48.9 Å². The lowest BCUT2D eigenvalue weighted by Gasteiger charge is -2.45. The van der Waals surface area contributed by atoms with Crippen LogP contribution in [-0.2, 0) is 22.4 Å². The van der Waals surface area contributed by atoms with E-state index in [1.165, 1.54) is 39.7 Å². The number of methoxy groups -OCH3 is 2. The van der Waals surface area contributed by atoms with Crippen LogP contribution in [-0.4, -0.2) is 57.6 Å². The third kappa shape index (κ3) is 3.88. The molecule has 0 amide bonds. The summed E-state index contributed by atoms with van der Waals surface area (Å²) >= 11 is 0. The number of hydrogen-bond donors (Lipinski definition) is 5. The minimum Gasteiger partial charge on any atom is -0.507 e. The summed E-state index contributed by atoms with van der Waals surface area (Å²) < 4.78 is 21.6. The molecule has 218 valence electrons. The first kappa shape index (κ1) is 27.4. The zero-order valence-electron chi connectivity index (χ0n) is 23.1. The molecule has 0 fully saturated rings. The number of ketones is 2. The van der Waals surface area contributed by atoms with Crippen LogP contribution in [0.3, 0.4) is 0 Å². The Labute approximate surface area is 240 Å². The first-order chi connectivity index (χ1) is 20.0. The maximum Gasteiger partial charge on any atom is 0.276 e. The molecule has 0 saturated carbocycles. The zero-order valence-corrected chi connectivity index (χ0v) is 23.1. The molecule has 0 radical (unpaired) electrons. The Morgan fingerprint density at radius 1 is 0.952 bits per heavy atom. The summed E-state index contributed by atoms with van der Waals surface area (Å²) in [5, 5.41) is 48.5. The van der Waals surface area contributed by atoms with Gasteiger partial charge in [0.15, 0.2) is 23.1 Å². The molecule has 5 N–H and O–H groups in total. The zero-order chi connectivity index (χ0) is 30.0. The quantitative estimate of drug-likeness (QED) is 0.214. The Balaban J connectivity index is 1.40. The van der Waals surface area contributed by atoms with Gasteiger partial charge in [-0.15, -0.1) is 0 Å². The minimum atomic E-state index is -1.85. The fourth-order valence-electron chi connectivity index (χ4n) is 6.05. The van der Waals surface area contributed by atoms with Crippen molar-refractivity contribution < 1.29 is 49.0 Å². The van der Waals surface area contributed by atoms with E-state index in [1.807, 2.05) is 6.07 Å². The van der Waals surface area contributed by atoms with Gasteiger partial charge in [0, 0.05) is 48.7 Å². The maximum absolute atomic E-state index is 13.9. The minimum absolute atomic E-state index is 0.0262. The second-order valence-electron chi connectivity index (χ2n) is 10.7. The van der Waals surface area contributed by atoms with Crippen LogP contribution in [0.2, 0.25) is 0 Å². The van der Waals surface area contributed by atoms with E-state index in [4.69, 9.17) is 18.9 Å². The number of carbonyl (C=O) groups is 2. The monoisotopic (exact) mass is 575 g/mol. The highest BCUT2D eigenvalue weighted by atomic mass is 16.7. The number of benzene rings is 3. The van der Waals surface area contributed by atoms with E-state index in [2.05, 4.69) is 5.32 Å². The van der Waals surface area contributed by atoms with Crippen molar-refractivity contribution >= 4 is 17.3 Å². The van der Waals surface area contributed by atoms with Gasteiger partial charge in [-0.3, -0.25) is 9.59 Å². The van der Waals surface area contributed by atoms with Crippen molar-refractivity contribution in [3.8, 4) is 23.0 Å². The van der Waals surface area contributed by atoms with Gasteiger partial charge in [0.2, 0.25) is 0 Å². The molecule has 3 aromatic carbocycles. The van der Waals surface area contributed by atoms with Crippen LogP contribution < -0.4 is 14.8 Å².